The fraction of sp³-hybridized carbons (Fsp3) is 0.400. The zero-order valence-corrected chi connectivity index (χ0v) is 12.2. The summed E-state index contributed by atoms with van der Waals surface area (Å²) in [4.78, 5) is 24.2. The molecule has 1 aliphatic heterocycles. The third-order valence-corrected chi connectivity index (χ3v) is 3.82. The average Bonchev–Trinajstić information content (AvgIpc) is 2.96. The minimum Gasteiger partial charge on any atom is -0.481 e. The van der Waals surface area contributed by atoms with Gasteiger partial charge in [0.25, 0.3) is 0 Å². The number of rotatable bonds is 3. The number of aliphatic carboxylic acids is 1. The van der Waals surface area contributed by atoms with Crippen LogP contribution in [0.1, 0.15) is 6.42 Å². The number of anilines is 2. The maximum absolute atomic E-state index is 11.1. The number of carbonyl (C=O) groups is 1. The van der Waals surface area contributed by atoms with E-state index in [1.165, 1.54) is 0 Å². The van der Waals surface area contributed by atoms with E-state index in [1.54, 1.807) is 0 Å². The van der Waals surface area contributed by atoms with Crippen LogP contribution >= 0.6 is 0 Å². The second-order valence-electron chi connectivity index (χ2n) is 5.53. The predicted molar refractivity (Wildman–Crippen MR) is 81.8 cm³/mol. The van der Waals surface area contributed by atoms with Crippen LogP contribution in [-0.2, 0) is 4.79 Å². The number of nitrogens with zero attached hydrogens (tertiary/aromatic N) is 4. The first kappa shape index (κ1) is 13.6. The van der Waals surface area contributed by atoms with Gasteiger partial charge in [-0.25, -0.2) is 4.98 Å². The molecule has 1 aromatic carbocycles. The lowest BCUT2D eigenvalue weighted by atomic mass is 10.1. The van der Waals surface area contributed by atoms with Crippen LogP contribution in [0.5, 0.6) is 0 Å². The largest absolute Gasteiger partial charge is 0.481 e. The Bertz CT molecular complexity index is 686. The molecule has 1 N–H and O–H groups in total. The Morgan fingerprint density at radius 1 is 1.33 bits per heavy atom. The molecule has 2 heterocycles. The van der Waals surface area contributed by atoms with Crippen LogP contribution in [0.4, 0.5) is 11.8 Å². The summed E-state index contributed by atoms with van der Waals surface area (Å²) in [5.41, 5.74) is 0.880. The van der Waals surface area contributed by atoms with Crippen molar-refractivity contribution in [2.75, 3.05) is 37.0 Å². The van der Waals surface area contributed by atoms with Crippen LogP contribution in [-0.4, -0.2) is 48.2 Å². The highest BCUT2D eigenvalue weighted by Gasteiger charge is 2.30. The second kappa shape index (κ2) is 5.20. The summed E-state index contributed by atoms with van der Waals surface area (Å²) in [5, 5.41) is 10.1. The minimum absolute atomic E-state index is 0.331. The first-order valence-corrected chi connectivity index (χ1v) is 6.98. The van der Waals surface area contributed by atoms with Crippen molar-refractivity contribution in [2.45, 2.75) is 6.42 Å². The van der Waals surface area contributed by atoms with Crippen molar-refractivity contribution in [2.24, 2.45) is 5.92 Å². The van der Waals surface area contributed by atoms with Gasteiger partial charge in [0.1, 0.15) is 5.82 Å². The lowest BCUT2D eigenvalue weighted by molar-refractivity contribution is -0.140. The molecular weight excluding hydrogens is 268 g/mol. The molecule has 2 aromatic rings. The summed E-state index contributed by atoms with van der Waals surface area (Å²) in [6.45, 7) is 1.16. The summed E-state index contributed by atoms with van der Waals surface area (Å²) in [7, 11) is 3.89. The molecule has 0 bridgehead atoms. The molecule has 21 heavy (non-hydrogen) atoms. The number of benzene rings is 1. The van der Waals surface area contributed by atoms with Crippen molar-refractivity contribution >= 4 is 28.6 Å². The fourth-order valence-electron chi connectivity index (χ4n) is 2.67. The fourth-order valence-corrected chi connectivity index (χ4v) is 2.67. The Hall–Kier alpha value is -2.37. The number of carboxylic acids is 1. The van der Waals surface area contributed by atoms with Gasteiger partial charge in [-0.2, -0.15) is 4.98 Å². The van der Waals surface area contributed by atoms with Gasteiger partial charge in [-0.1, -0.05) is 12.1 Å². The summed E-state index contributed by atoms with van der Waals surface area (Å²) in [6, 6.07) is 7.87. The van der Waals surface area contributed by atoms with Crippen molar-refractivity contribution in [3.8, 4) is 0 Å². The Labute approximate surface area is 123 Å². The highest BCUT2D eigenvalue weighted by Crippen LogP contribution is 2.28. The van der Waals surface area contributed by atoms with Crippen LogP contribution in [0.25, 0.3) is 10.9 Å². The maximum Gasteiger partial charge on any atom is 0.308 e. The van der Waals surface area contributed by atoms with Gasteiger partial charge in [-0.15, -0.1) is 0 Å². The molecule has 0 radical (unpaired) electrons. The third kappa shape index (κ3) is 2.49. The van der Waals surface area contributed by atoms with Gasteiger partial charge in [0.05, 0.1) is 11.4 Å². The van der Waals surface area contributed by atoms with Gasteiger partial charge >= 0.3 is 5.97 Å². The van der Waals surface area contributed by atoms with Crippen molar-refractivity contribution < 1.29 is 9.90 Å². The van der Waals surface area contributed by atoms with Gasteiger partial charge in [-0.05, 0) is 18.6 Å². The van der Waals surface area contributed by atoms with E-state index in [0.29, 0.717) is 25.5 Å². The average molecular weight is 286 g/mol. The number of para-hydroxylation sites is 1. The maximum atomic E-state index is 11.1. The van der Waals surface area contributed by atoms with E-state index in [2.05, 4.69) is 9.97 Å². The first-order valence-electron chi connectivity index (χ1n) is 6.98. The Morgan fingerprint density at radius 3 is 2.76 bits per heavy atom. The summed E-state index contributed by atoms with van der Waals surface area (Å²) in [5.74, 6) is 0.393. The Balaban J connectivity index is 2.02. The third-order valence-electron chi connectivity index (χ3n) is 3.82. The molecule has 6 nitrogen and oxygen atoms in total. The van der Waals surface area contributed by atoms with Crippen LogP contribution in [0.2, 0.25) is 0 Å². The van der Waals surface area contributed by atoms with E-state index in [9.17, 15) is 4.79 Å². The molecule has 6 heteroatoms. The summed E-state index contributed by atoms with van der Waals surface area (Å²) >= 11 is 0. The van der Waals surface area contributed by atoms with E-state index in [-0.39, 0.29) is 5.92 Å². The minimum atomic E-state index is -0.744. The topological polar surface area (TPSA) is 69.6 Å². The summed E-state index contributed by atoms with van der Waals surface area (Å²) < 4.78 is 0. The monoisotopic (exact) mass is 286 g/mol. The van der Waals surface area contributed by atoms with Crippen LogP contribution in [0.3, 0.4) is 0 Å². The lowest BCUT2D eigenvalue weighted by Crippen LogP contribution is -2.25. The standard InChI is InChI=1S/C15H18N4O2/c1-18(2)13-11-5-3-4-6-12(11)16-15(17-13)19-8-7-10(9-19)14(20)21/h3-6,10H,7-9H2,1-2H3,(H,20,21). The molecule has 0 spiro atoms. The highest BCUT2D eigenvalue weighted by atomic mass is 16.4. The molecular formula is C15H18N4O2. The van der Waals surface area contributed by atoms with Crippen LogP contribution < -0.4 is 9.80 Å². The van der Waals surface area contributed by atoms with E-state index in [1.807, 2.05) is 48.2 Å². The van der Waals surface area contributed by atoms with Crippen molar-refractivity contribution in [3.63, 3.8) is 0 Å². The Morgan fingerprint density at radius 2 is 2.10 bits per heavy atom. The smallest absolute Gasteiger partial charge is 0.308 e. The molecule has 1 unspecified atom stereocenters. The van der Waals surface area contributed by atoms with Crippen molar-refractivity contribution in [1.29, 1.82) is 0 Å². The molecule has 3 rings (SSSR count). The molecule has 1 aromatic heterocycles. The number of hydrogen-bond acceptors (Lipinski definition) is 5. The normalized spacial score (nSPS) is 18.2. The highest BCUT2D eigenvalue weighted by molar-refractivity contribution is 5.90. The first-order chi connectivity index (χ1) is 10.1. The number of aromatic nitrogens is 2. The molecule has 110 valence electrons. The van der Waals surface area contributed by atoms with Crippen LogP contribution in [0, 0.1) is 5.92 Å². The Kier molecular flexibility index (Phi) is 3.37. The zero-order chi connectivity index (χ0) is 15.0. The predicted octanol–water partition coefficient (Wildman–Crippen LogP) is 1.61. The molecule has 1 aliphatic rings. The molecule has 0 saturated carbocycles. The molecule has 1 atom stereocenters. The van der Waals surface area contributed by atoms with E-state index >= 15 is 0 Å². The molecule has 0 amide bonds. The molecule has 0 aliphatic carbocycles. The van der Waals surface area contributed by atoms with Gasteiger partial charge in [0.15, 0.2) is 0 Å². The van der Waals surface area contributed by atoms with Crippen molar-refractivity contribution in [1.82, 2.24) is 9.97 Å². The lowest BCUT2D eigenvalue weighted by Gasteiger charge is -2.20. The number of carboxylic acid groups (broad SMARTS) is 1. The van der Waals surface area contributed by atoms with Gasteiger partial charge in [0.2, 0.25) is 5.95 Å². The number of hydrogen-bond donors (Lipinski definition) is 1. The molecule has 1 saturated heterocycles. The second-order valence-corrected chi connectivity index (χ2v) is 5.53. The number of fused-ring (bicyclic) bond motifs is 1. The summed E-state index contributed by atoms with van der Waals surface area (Å²) in [6.07, 6.45) is 0.642. The van der Waals surface area contributed by atoms with E-state index < -0.39 is 5.97 Å². The van der Waals surface area contributed by atoms with Crippen molar-refractivity contribution in [3.05, 3.63) is 24.3 Å². The van der Waals surface area contributed by atoms with Gasteiger partial charge in [-0.3, -0.25) is 4.79 Å². The molecule has 1 fully saturated rings. The van der Waals surface area contributed by atoms with Gasteiger partial charge < -0.3 is 14.9 Å². The van der Waals surface area contributed by atoms with E-state index in [4.69, 9.17) is 5.11 Å². The van der Waals surface area contributed by atoms with Gasteiger partial charge in [0, 0.05) is 32.6 Å². The zero-order valence-electron chi connectivity index (χ0n) is 12.2. The quantitative estimate of drug-likeness (QED) is 0.924. The SMILES string of the molecule is CN(C)c1nc(N2CCC(C(=O)O)C2)nc2ccccc12. The van der Waals surface area contributed by atoms with E-state index in [0.717, 1.165) is 16.7 Å². The van der Waals surface area contributed by atoms with Crippen LogP contribution in [0.15, 0.2) is 24.3 Å².